The lowest BCUT2D eigenvalue weighted by atomic mass is 9.98. The summed E-state index contributed by atoms with van der Waals surface area (Å²) in [7, 11) is 0. The van der Waals surface area contributed by atoms with E-state index in [0.29, 0.717) is 17.5 Å². The van der Waals surface area contributed by atoms with E-state index in [2.05, 4.69) is 88.8 Å². The Bertz CT molecular complexity index is 2810. The van der Waals surface area contributed by atoms with Crippen LogP contribution in [0, 0.1) is 0 Å². The summed E-state index contributed by atoms with van der Waals surface area (Å²) in [6, 6.07) is 55.3. The molecule has 0 aliphatic heterocycles. The average molecular weight is 718 g/mol. The second kappa shape index (κ2) is 14.2. The summed E-state index contributed by atoms with van der Waals surface area (Å²) >= 11 is 0. The molecule has 10 rings (SSSR count). The molecule has 0 unspecified atom stereocenters. The number of aromatic nitrogens is 7. The van der Waals surface area contributed by atoms with Crippen molar-refractivity contribution in [3.05, 3.63) is 189 Å². The number of hydrogen-bond donors (Lipinski definition) is 0. The molecule has 7 nitrogen and oxygen atoms in total. The molecule has 0 radical (unpaired) electrons. The van der Waals surface area contributed by atoms with E-state index in [4.69, 9.17) is 24.9 Å². The zero-order chi connectivity index (χ0) is 37.3. The summed E-state index contributed by atoms with van der Waals surface area (Å²) < 4.78 is 0. The second-order valence-electron chi connectivity index (χ2n) is 13.5. The van der Waals surface area contributed by atoms with E-state index in [0.717, 1.165) is 83.3 Å². The van der Waals surface area contributed by atoms with Crippen molar-refractivity contribution < 1.29 is 0 Å². The summed E-state index contributed by atoms with van der Waals surface area (Å²) in [6.45, 7) is 0. The number of rotatable bonds is 7. The Kier molecular flexibility index (Phi) is 8.35. The van der Waals surface area contributed by atoms with Gasteiger partial charge in [-0.2, -0.15) is 0 Å². The minimum Gasteiger partial charge on any atom is -0.256 e. The van der Waals surface area contributed by atoms with Crippen LogP contribution >= 0.6 is 0 Å². The third-order valence-electron chi connectivity index (χ3n) is 9.89. The van der Waals surface area contributed by atoms with Gasteiger partial charge in [-0.05, 0) is 65.4 Å². The molecule has 0 N–H and O–H groups in total. The number of pyridine rings is 4. The molecule has 0 fully saturated rings. The Hall–Kier alpha value is -7.77. The van der Waals surface area contributed by atoms with E-state index in [1.54, 1.807) is 12.4 Å². The van der Waals surface area contributed by atoms with Gasteiger partial charge in [-0.15, -0.1) is 0 Å². The van der Waals surface area contributed by atoms with Crippen molar-refractivity contribution >= 4 is 21.5 Å². The van der Waals surface area contributed by atoms with Crippen LogP contribution in [0.2, 0.25) is 0 Å². The van der Waals surface area contributed by atoms with E-state index < -0.39 is 0 Å². The number of benzene rings is 5. The molecule has 0 aliphatic rings. The van der Waals surface area contributed by atoms with Crippen LogP contribution < -0.4 is 0 Å². The highest BCUT2D eigenvalue weighted by atomic mass is 15.0. The third-order valence-corrected chi connectivity index (χ3v) is 9.89. The Balaban J connectivity index is 1.15. The molecule has 0 atom stereocenters. The van der Waals surface area contributed by atoms with Crippen LogP contribution in [-0.4, -0.2) is 34.9 Å². The molecule has 0 saturated heterocycles. The predicted octanol–water partition coefficient (Wildman–Crippen LogP) is 11.4. The van der Waals surface area contributed by atoms with Crippen molar-refractivity contribution in [3.63, 3.8) is 0 Å². The fraction of sp³-hybridized carbons (Fsp3) is 0. The van der Waals surface area contributed by atoms with Gasteiger partial charge < -0.3 is 0 Å². The maximum atomic E-state index is 5.15. The lowest BCUT2D eigenvalue weighted by molar-refractivity contribution is 1.07. The normalized spacial score (nSPS) is 11.2. The summed E-state index contributed by atoms with van der Waals surface area (Å²) in [4.78, 5) is 34.2. The van der Waals surface area contributed by atoms with Gasteiger partial charge in [0.2, 0.25) is 0 Å². The van der Waals surface area contributed by atoms with Crippen molar-refractivity contribution in [1.29, 1.82) is 0 Å². The molecule has 0 saturated carbocycles. The molecule has 56 heavy (non-hydrogen) atoms. The van der Waals surface area contributed by atoms with Gasteiger partial charge in [-0.3, -0.25) is 19.9 Å². The molecule has 0 spiro atoms. The van der Waals surface area contributed by atoms with Gasteiger partial charge in [0.25, 0.3) is 0 Å². The lowest BCUT2D eigenvalue weighted by Gasteiger charge is -2.13. The first-order chi connectivity index (χ1) is 27.7. The predicted molar refractivity (Wildman–Crippen MR) is 224 cm³/mol. The average Bonchev–Trinajstić information content (AvgIpc) is 3.29. The Morgan fingerprint density at radius 2 is 0.625 bits per heavy atom. The van der Waals surface area contributed by atoms with Crippen LogP contribution in [0.3, 0.4) is 0 Å². The number of nitrogens with zero attached hydrogens (tertiary/aromatic N) is 7. The Labute approximate surface area is 323 Å². The summed E-state index contributed by atoms with van der Waals surface area (Å²) in [5.41, 5.74) is 9.93. The minimum atomic E-state index is 0.539. The van der Waals surface area contributed by atoms with Crippen LogP contribution in [0.15, 0.2) is 189 Å². The fourth-order valence-electron chi connectivity index (χ4n) is 6.95. The Morgan fingerprint density at radius 1 is 0.250 bits per heavy atom. The highest BCUT2D eigenvalue weighted by Crippen LogP contribution is 2.34. The standard InChI is InChI=1S/C49H31N7/c1-3-11-38-30-52-45(28-36(38)9-1)40-25-41(46-29-37-10-2-4-12-39(37)31-53-46)27-42(26-40)49-55-47(34-19-15-32(16-20-34)43-13-5-7-23-50-43)54-48(56-49)35-21-17-33(18-22-35)44-14-6-8-24-51-44/h1-31H. The quantitative estimate of drug-likeness (QED) is 0.162. The van der Waals surface area contributed by atoms with Crippen LogP contribution in [0.1, 0.15) is 0 Å². The van der Waals surface area contributed by atoms with Crippen molar-refractivity contribution in [2.45, 2.75) is 0 Å². The smallest absolute Gasteiger partial charge is 0.164 e. The van der Waals surface area contributed by atoms with Gasteiger partial charge in [0, 0.05) is 74.5 Å². The van der Waals surface area contributed by atoms with Crippen molar-refractivity contribution in [1.82, 2.24) is 34.9 Å². The zero-order valence-electron chi connectivity index (χ0n) is 30.0. The third kappa shape index (κ3) is 6.54. The summed E-state index contributed by atoms with van der Waals surface area (Å²) in [5.74, 6) is 1.66. The highest BCUT2D eigenvalue weighted by Gasteiger charge is 2.17. The molecule has 5 aromatic heterocycles. The summed E-state index contributed by atoms with van der Waals surface area (Å²) in [6.07, 6.45) is 7.45. The van der Waals surface area contributed by atoms with E-state index in [-0.39, 0.29) is 0 Å². The van der Waals surface area contributed by atoms with E-state index in [1.807, 2.05) is 97.3 Å². The second-order valence-corrected chi connectivity index (χ2v) is 13.5. The maximum absolute atomic E-state index is 5.15. The molecule has 10 aromatic rings. The first-order valence-corrected chi connectivity index (χ1v) is 18.4. The van der Waals surface area contributed by atoms with Crippen LogP contribution in [0.25, 0.3) is 101 Å². The van der Waals surface area contributed by atoms with Crippen LogP contribution in [-0.2, 0) is 0 Å². The largest absolute Gasteiger partial charge is 0.256 e. The first kappa shape index (κ1) is 32.8. The van der Waals surface area contributed by atoms with Gasteiger partial charge in [0.05, 0.1) is 22.8 Å². The molecule has 5 heterocycles. The van der Waals surface area contributed by atoms with Gasteiger partial charge in [-0.1, -0.05) is 109 Å². The lowest BCUT2D eigenvalue weighted by Crippen LogP contribution is -2.01. The summed E-state index contributed by atoms with van der Waals surface area (Å²) in [5, 5.41) is 4.39. The van der Waals surface area contributed by atoms with Crippen molar-refractivity contribution in [2.75, 3.05) is 0 Å². The molecule has 5 aromatic carbocycles. The number of fused-ring (bicyclic) bond motifs is 2. The maximum Gasteiger partial charge on any atom is 0.164 e. The molecular formula is C49H31N7. The van der Waals surface area contributed by atoms with E-state index in [9.17, 15) is 0 Å². The van der Waals surface area contributed by atoms with Gasteiger partial charge >= 0.3 is 0 Å². The zero-order valence-corrected chi connectivity index (χ0v) is 30.0. The van der Waals surface area contributed by atoms with Crippen molar-refractivity contribution in [2.24, 2.45) is 0 Å². The van der Waals surface area contributed by atoms with Crippen LogP contribution in [0.4, 0.5) is 0 Å². The first-order valence-electron chi connectivity index (χ1n) is 18.4. The van der Waals surface area contributed by atoms with Gasteiger partial charge in [0.1, 0.15) is 0 Å². The van der Waals surface area contributed by atoms with Crippen molar-refractivity contribution in [3.8, 4) is 79.2 Å². The molecule has 0 aliphatic carbocycles. The SMILES string of the molecule is c1ccc(-c2ccc(-c3nc(-c4ccc(-c5ccccn5)cc4)nc(-c4cc(-c5cc6ccccc6cn5)cc(-c5cc6ccccc6cn5)c4)n3)cc2)nc1. The minimum absolute atomic E-state index is 0.539. The topological polar surface area (TPSA) is 90.2 Å². The molecule has 0 amide bonds. The molecule has 0 bridgehead atoms. The van der Waals surface area contributed by atoms with E-state index in [1.165, 1.54) is 0 Å². The van der Waals surface area contributed by atoms with Crippen LogP contribution in [0.5, 0.6) is 0 Å². The Morgan fingerprint density at radius 3 is 1.05 bits per heavy atom. The molecule has 262 valence electrons. The van der Waals surface area contributed by atoms with Gasteiger partial charge in [0.15, 0.2) is 17.5 Å². The van der Waals surface area contributed by atoms with Gasteiger partial charge in [-0.25, -0.2) is 15.0 Å². The fourth-order valence-corrected chi connectivity index (χ4v) is 6.95. The molecular weight excluding hydrogens is 687 g/mol. The highest BCUT2D eigenvalue weighted by molar-refractivity contribution is 5.89. The number of hydrogen-bond acceptors (Lipinski definition) is 7. The monoisotopic (exact) mass is 717 g/mol. The molecule has 7 heteroatoms. The van der Waals surface area contributed by atoms with E-state index >= 15 is 0 Å².